The number of carbonyl (C=O) groups is 2. The second-order valence-electron chi connectivity index (χ2n) is 5.48. The fourth-order valence-corrected chi connectivity index (χ4v) is 2.89. The largest absolute Gasteiger partial charge is 0.479 e. The summed E-state index contributed by atoms with van der Waals surface area (Å²) in [6.07, 6.45) is 3.73. The Morgan fingerprint density at radius 3 is 2.53 bits per heavy atom. The highest BCUT2D eigenvalue weighted by molar-refractivity contribution is 5.87. The molecule has 1 rings (SSSR count). The number of hydrogen-bond donors (Lipinski definition) is 1. The first-order valence-electron chi connectivity index (χ1n) is 7.18. The van der Waals surface area contributed by atoms with Gasteiger partial charge in [-0.15, -0.1) is 0 Å². The maximum Gasteiger partial charge on any atom is 0.329 e. The number of urea groups is 1. The summed E-state index contributed by atoms with van der Waals surface area (Å²) >= 11 is 0. The van der Waals surface area contributed by atoms with Gasteiger partial charge in [0.25, 0.3) is 0 Å². The smallest absolute Gasteiger partial charge is 0.329 e. The lowest BCUT2D eigenvalue weighted by atomic mass is 9.93. The van der Waals surface area contributed by atoms with Gasteiger partial charge in [-0.25, -0.2) is 9.59 Å². The third-order valence-corrected chi connectivity index (χ3v) is 4.37. The van der Waals surface area contributed by atoms with Gasteiger partial charge in [0, 0.05) is 19.6 Å². The monoisotopic (exact) mass is 270 g/mol. The molecule has 110 valence electrons. The number of carboxylic acids is 1. The Kier molecular flexibility index (Phi) is 5.20. The lowest BCUT2D eigenvalue weighted by Crippen LogP contribution is -2.57. The first-order chi connectivity index (χ1) is 8.90. The summed E-state index contributed by atoms with van der Waals surface area (Å²) in [7, 11) is 1.77. The summed E-state index contributed by atoms with van der Waals surface area (Å²) in [5.41, 5.74) is -1.00. The molecule has 1 N–H and O–H groups in total. The van der Waals surface area contributed by atoms with E-state index < -0.39 is 11.5 Å². The van der Waals surface area contributed by atoms with Gasteiger partial charge >= 0.3 is 12.0 Å². The van der Waals surface area contributed by atoms with Crippen LogP contribution < -0.4 is 0 Å². The molecule has 0 aliphatic carbocycles. The third kappa shape index (κ3) is 2.85. The Morgan fingerprint density at radius 2 is 2.05 bits per heavy atom. The standard InChI is InChI=1S/C14H26N2O3/c1-5-8-11(3)15(4)13(19)16-10-7-9-14(16,6-2)12(17)18/h11H,5-10H2,1-4H3,(H,17,18). The molecule has 0 aromatic rings. The van der Waals surface area contributed by atoms with Crippen LogP contribution in [0, 0.1) is 0 Å². The van der Waals surface area contributed by atoms with Crippen molar-refractivity contribution in [3.63, 3.8) is 0 Å². The zero-order valence-electron chi connectivity index (χ0n) is 12.5. The van der Waals surface area contributed by atoms with E-state index in [-0.39, 0.29) is 12.1 Å². The van der Waals surface area contributed by atoms with Crippen molar-refractivity contribution in [3.8, 4) is 0 Å². The number of aliphatic carboxylic acids is 1. The molecule has 2 atom stereocenters. The van der Waals surface area contributed by atoms with E-state index in [4.69, 9.17) is 0 Å². The van der Waals surface area contributed by atoms with Crippen molar-refractivity contribution in [3.05, 3.63) is 0 Å². The maximum absolute atomic E-state index is 12.5. The summed E-state index contributed by atoms with van der Waals surface area (Å²) in [5, 5.41) is 9.49. The van der Waals surface area contributed by atoms with Gasteiger partial charge in [-0.1, -0.05) is 20.3 Å². The van der Waals surface area contributed by atoms with E-state index in [1.165, 1.54) is 0 Å². The minimum absolute atomic E-state index is 0.140. The molecule has 0 aromatic heterocycles. The van der Waals surface area contributed by atoms with E-state index in [1.54, 1.807) is 16.8 Å². The normalized spacial score (nSPS) is 24.3. The molecule has 0 spiro atoms. The van der Waals surface area contributed by atoms with Crippen molar-refractivity contribution in [2.75, 3.05) is 13.6 Å². The minimum atomic E-state index is -1.00. The number of carboxylic acid groups (broad SMARTS) is 1. The molecule has 5 nitrogen and oxygen atoms in total. The summed E-state index contributed by atoms with van der Waals surface area (Å²) in [4.78, 5) is 27.3. The molecule has 1 heterocycles. The second-order valence-corrected chi connectivity index (χ2v) is 5.48. The van der Waals surface area contributed by atoms with Crippen LogP contribution in [0.1, 0.15) is 52.9 Å². The highest BCUT2D eigenvalue weighted by Gasteiger charge is 2.49. The molecule has 19 heavy (non-hydrogen) atoms. The average Bonchev–Trinajstić information content (AvgIpc) is 2.82. The van der Waals surface area contributed by atoms with Crippen LogP contribution in [-0.2, 0) is 4.79 Å². The van der Waals surface area contributed by atoms with Crippen molar-refractivity contribution in [1.29, 1.82) is 0 Å². The van der Waals surface area contributed by atoms with Crippen LogP contribution in [0.15, 0.2) is 0 Å². The number of likely N-dealkylation sites (tertiary alicyclic amines) is 1. The number of carbonyl (C=O) groups excluding carboxylic acids is 1. The van der Waals surface area contributed by atoms with Crippen LogP contribution in [0.5, 0.6) is 0 Å². The summed E-state index contributed by atoms with van der Waals surface area (Å²) < 4.78 is 0. The lowest BCUT2D eigenvalue weighted by molar-refractivity contribution is -0.148. The van der Waals surface area contributed by atoms with Gasteiger partial charge in [0.05, 0.1) is 0 Å². The molecule has 2 unspecified atom stereocenters. The van der Waals surface area contributed by atoms with E-state index >= 15 is 0 Å². The van der Waals surface area contributed by atoms with Crippen molar-refractivity contribution in [2.45, 2.75) is 64.5 Å². The predicted octanol–water partition coefficient (Wildman–Crippen LogP) is 2.56. The van der Waals surface area contributed by atoms with Gasteiger partial charge in [0.15, 0.2) is 0 Å². The zero-order valence-corrected chi connectivity index (χ0v) is 12.5. The summed E-state index contributed by atoms with van der Waals surface area (Å²) in [5.74, 6) is -0.877. The topological polar surface area (TPSA) is 60.9 Å². The number of hydrogen-bond acceptors (Lipinski definition) is 2. The molecular formula is C14H26N2O3. The molecule has 1 aliphatic rings. The van der Waals surface area contributed by atoms with Crippen LogP contribution in [-0.4, -0.2) is 52.1 Å². The van der Waals surface area contributed by atoms with Gasteiger partial charge in [0.2, 0.25) is 0 Å². The third-order valence-electron chi connectivity index (χ3n) is 4.37. The number of rotatable bonds is 5. The Labute approximate surface area is 115 Å². The second kappa shape index (κ2) is 6.26. The van der Waals surface area contributed by atoms with E-state index in [2.05, 4.69) is 6.92 Å². The number of nitrogens with zero attached hydrogens (tertiary/aromatic N) is 2. The SMILES string of the molecule is CCCC(C)N(C)C(=O)N1CCCC1(CC)C(=O)O. The highest BCUT2D eigenvalue weighted by Crippen LogP contribution is 2.33. The van der Waals surface area contributed by atoms with Gasteiger partial charge in [-0.2, -0.15) is 0 Å². The van der Waals surface area contributed by atoms with Crippen molar-refractivity contribution in [1.82, 2.24) is 9.80 Å². The first kappa shape index (κ1) is 15.8. The molecular weight excluding hydrogens is 244 g/mol. The van der Waals surface area contributed by atoms with Crippen LogP contribution >= 0.6 is 0 Å². The number of amides is 2. The Balaban J connectivity index is 2.88. The van der Waals surface area contributed by atoms with E-state index in [0.717, 1.165) is 19.3 Å². The maximum atomic E-state index is 12.5. The van der Waals surface area contributed by atoms with Crippen molar-refractivity contribution in [2.24, 2.45) is 0 Å². The Bertz CT molecular complexity index is 346. The molecule has 0 aromatic carbocycles. The molecule has 1 aliphatic heterocycles. The van der Waals surface area contributed by atoms with Gasteiger partial charge in [0.1, 0.15) is 5.54 Å². The van der Waals surface area contributed by atoms with Gasteiger partial charge in [-0.3, -0.25) is 0 Å². The van der Waals surface area contributed by atoms with E-state index in [1.807, 2.05) is 13.8 Å². The van der Waals surface area contributed by atoms with E-state index in [9.17, 15) is 14.7 Å². The van der Waals surface area contributed by atoms with Crippen LogP contribution in [0.25, 0.3) is 0 Å². The molecule has 5 heteroatoms. The van der Waals surface area contributed by atoms with E-state index in [0.29, 0.717) is 19.4 Å². The quantitative estimate of drug-likeness (QED) is 0.835. The average molecular weight is 270 g/mol. The Morgan fingerprint density at radius 1 is 1.42 bits per heavy atom. The molecule has 0 bridgehead atoms. The van der Waals surface area contributed by atoms with Crippen LogP contribution in [0.3, 0.4) is 0 Å². The fraction of sp³-hybridized carbons (Fsp3) is 0.857. The lowest BCUT2D eigenvalue weighted by Gasteiger charge is -2.38. The molecule has 0 saturated carbocycles. The molecule has 2 amide bonds. The van der Waals surface area contributed by atoms with Crippen LogP contribution in [0.2, 0.25) is 0 Å². The fourth-order valence-electron chi connectivity index (χ4n) is 2.89. The summed E-state index contributed by atoms with van der Waals surface area (Å²) in [6.45, 7) is 6.47. The van der Waals surface area contributed by atoms with Crippen molar-refractivity contribution >= 4 is 12.0 Å². The van der Waals surface area contributed by atoms with Gasteiger partial charge in [-0.05, 0) is 32.6 Å². The Hall–Kier alpha value is -1.26. The van der Waals surface area contributed by atoms with Gasteiger partial charge < -0.3 is 14.9 Å². The van der Waals surface area contributed by atoms with Crippen LogP contribution in [0.4, 0.5) is 4.79 Å². The highest BCUT2D eigenvalue weighted by atomic mass is 16.4. The minimum Gasteiger partial charge on any atom is -0.479 e. The molecule has 1 saturated heterocycles. The molecule has 0 radical (unpaired) electrons. The van der Waals surface area contributed by atoms with Crippen molar-refractivity contribution < 1.29 is 14.7 Å². The predicted molar refractivity (Wildman–Crippen MR) is 74.1 cm³/mol. The molecule has 1 fully saturated rings. The first-order valence-corrected chi connectivity index (χ1v) is 7.18. The summed E-state index contributed by atoms with van der Waals surface area (Å²) in [6, 6.07) is -0.0100. The zero-order chi connectivity index (χ0) is 14.6.